The van der Waals surface area contributed by atoms with E-state index >= 15 is 0 Å². The number of hydrogen-bond acceptors (Lipinski definition) is 4. The maximum Gasteiger partial charge on any atom is 0.261 e. The summed E-state index contributed by atoms with van der Waals surface area (Å²) in [6.07, 6.45) is 0. The van der Waals surface area contributed by atoms with Gasteiger partial charge in [-0.05, 0) is 24.3 Å². The zero-order chi connectivity index (χ0) is 19.7. The minimum absolute atomic E-state index is 0.245. The highest BCUT2D eigenvalue weighted by atomic mass is 32.2. The highest BCUT2D eigenvalue weighted by molar-refractivity contribution is 7.89. The van der Waals surface area contributed by atoms with Gasteiger partial charge in [0.15, 0.2) is 0 Å². The minimum Gasteiger partial charge on any atom is -0.331 e. The van der Waals surface area contributed by atoms with Crippen LogP contribution < -0.4 is 4.90 Å². The first-order valence-corrected chi connectivity index (χ1v) is 10.8. The smallest absolute Gasteiger partial charge is 0.261 e. The summed E-state index contributed by atoms with van der Waals surface area (Å²) >= 11 is 0. The van der Waals surface area contributed by atoms with Gasteiger partial charge in [0.1, 0.15) is 0 Å². The van der Waals surface area contributed by atoms with Crippen molar-refractivity contribution in [1.82, 2.24) is 9.21 Å². The zero-order valence-corrected chi connectivity index (χ0v) is 16.2. The van der Waals surface area contributed by atoms with Gasteiger partial charge in [-0.25, -0.2) is 8.42 Å². The first kappa shape index (κ1) is 18.8. The highest BCUT2D eigenvalue weighted by Gasteiger charge is 2.36. The van der Waals surface area contributed by atoms with E-state index in [0.717, 1.165) is 0 Å². The van der Waals surface area contributed by atoms with Crippen LogP contribution in [0, 0.1) is 0 Å². The van der Waals surface area contributed by atoms with Crippen LogP contribution in [-0.4, -0.2) is 68.7 Å². The molecule has 2 heterocycles. The number of nitrogens with one attached hydrogen (secondary N) is 1. The molecule has 2 aromatic carbocycles. The third-order valence-electron chi connectivity index (χ3n) is 5.38. The van der Waals surface area contributed by atoms with Gasteiger partial charge in [0, 0.05) is 0 Å². The van der Waals surface area contributed by atoms with Crippen molar-refractivity contribution < 1.29 is 22.9 Å². The topological polar surface area (TPSA) is 79.2 Å². The molecule has 146 valence electrons. The molecular weight excluding hydrogens is 378 g/mol. The normalized spacial score (nSPS) is 18.5. The Labute approximate surface area is 164 Å². The van der Waals surface area contributed by atoms with Crippen molar-refractivity contribution in [2.75, 3.05) is 39.3 Å². The average molecular weight is 400 g/mol. The first-order chi connectivity index (χ1) is 13.5. The van der Waals surface area contributed by atoms with Crippen molar-refractivity contribution in [1.29, 1.82) is 0 Å². The van der Waals surface area contributed by atoms with Crippen molar-refractivity contribution in [3.8, 4) is 0 Å². The summed E-state index contributed by atoms with van der Waals surface area (Å²) in [6, 6.07) is 15.3. The summed E-state index contributed by atoms with van der Waals surface area (Å²) in [7, 11) is -3.47. The van der Waals surface area contributed by atoms with Gasteiger partial charge in [-0.3, -0.25) is 14.5 Å². The van der Waals surface area contributed by atoms with Crippen LogP contribution >= 0.6 is 0 Å². The Morgan fingerprint density at radius 1 is 0.821 bits per heavy atom. The fourth-order valence-corrected chi connectivity index (χ4v) is 5.21. The standard InChI is InChI=1S/C20H21N3O4S/c24-19-17-8-4-5-9-18(17)20(25)23(19)15-12-21-10-13-22(14-11-21)28(26,27)16-6-2-1-3-7-16/h1-9H,10-15H2/p+1. The van der Waals surface area contributed by atoms with Crippen molar-refractivity contribution >= 4 is 21.8 Å². The van der Waals surface area contributed by atoms with E-state index < -0.39 is 10.0 Å². The molecule has 2 aliphatic rings. The second-order valence-corrected chi connectivity index (χ2v) is 8.96. The highest BCUT2D eigenvalue weighted by Crippen LogP contribution is 2.21. The third kappa shape index (κ3) is 3.34. The van der Waals surface area contributed by atoms with Crippen LogP contribution in [0.4, 0.5) is 0 Å². The van der Waals surface area contributed by atoms with E-state index in [2.05, 4.69) is 0 Å². The molecule has 0 spiro atoms. The number of benzene rings is 2. The lowest BCUT2D eigenvalue weighted by atomic mass is 10.1. The number of amides is 2. The summed E-state index contributed by atoms with van der Waals surface area (Å²) in [5.41, 5.74) is 0.919. The molecule has 0 atom stereocenters. The van der Waals surface area contributed by atoms with E-state index in [-0.39, 0.29) is 11.8 Å². The van der Waals surface area contributed by atoms with Gasteiger partial charge in [0.25, 0.3) is 11.8 Å². The van der Waals surface area contributed by atoms with Gasteiger partial charge in [0.05, 0.1) is 55.3 Å². The fourth-order valence-electron chi connectivity index (χ4n) is 3.75. The predicted molar refractivity (Wildman–Crippen MR) is 103 cm³/mol. The van der Waals surface area contributed by atoms with Gasteiger partial charge in [-0.1, -0.05) is 30.3 Å². The van der Waals surface area contributed by atoms with E-state index in [1.807, 2.05) is 0 Å². The van der Waals surface area contributed by atoms with Crippen molar-refractivity contribution in [2.45, 2.75) is 4.90 Å². The molecule has 0 aromatic heterocycles. The Balaban J connectivity index is 1.34. The molecule has 2 aliphatic heterocycles. The first-order valence-electron chi connectivity index (χ1n) is 9.32. The number of piperazine rings is 1. The zero-order valence-electron chi connectivity index (χ0n) is 15.4. The molecule has 0 saturated carbocycles. The van der Waals surface area contributed by atoms with Crippen molar-refractivity contribution in [3.05, 3.63) is 65.7 Å². The summed E-state index contributed by atoms with van der Waals surface area (Å²) in [6.45, 7) is 3.10. The molecule has 1 saturated heterocycles. The number of imide groups is 1. The van der Waals surface area contributed by atoms with Crippen LogP contribution in [0.2, 0.25) is 0 Å². The van der Waals surface area contributed by atoms with Crippen LogP contribution in [0.25, 0.3) is 0 Å². The molecule has 2 aromatic rings. The Morgan fingerprint density at radius 3 is 1.93 bits per heavy atom. The average Bonchev–Trinajstić information content (AvgIpc) is 2.98. The van der Waals surface area contributed by atoms with Gasteiger partial charge in [0.2, 0.25) is 10.0 Å². The van der Waals surface area contributed by atoms with E-state index in [0.29, 0.717) is 55.3 Å². The summed E-state index contributed by atoms with van der Waals surface area (Å²) in [5.74, 6) is -0.490. The van der Waals surface area contributed by atoms with Gasteiger partial charge < -0.3 is 4.90 Å². The second-order valence-electron chi connectivity index (χ2n) is 7.02. The van der Waals surface area contributed by atoms with Crippen molar-refractivity contribution in [2.24, 2.45) is 0 Å². The number of fused-ring (bicyclic) bond motifs is 1. The minimum atomic E-state index is -3.47. The van der Waals surface area contributed by atoms with E-state index in [1.165, 1.54) is 14.1 Å². The summed E-state index contributed by atoms with van der Waals surface area (Å²) < 4.78 is 26.9. The third-order valence-corrected chi connectivity index (χ3v) is 7.29. The van der Waals surface area contributed by atoms with E-state index in [4.69, 9.17) is 0 Å². The lowest BCUT2D eigenvalue weighted by Gasteiger charge is -2.32. The summed E-state index contributed by atoms with van der Waals surface area (Å²) in [5, 5.41) is 0. The maximum absolute atomic E-state index is 12.7. The maximum atomic E-state index is 12.7. The number of hydrogen-bond donors (Lipinski definition) is 1. The van der Waals surface area contributed by atoms with E-state index in [9.17, 15) is 18.0 Å². The molecule has 0 radical (unpaired) electrons. The lowest BCUT2D eigenvalue weighted by molar-refractivity contribution is -0.902. The molecule has 0 bridgehead atoms. The monoisotopic (exact) mass is 400 g/mol. The molecule has 28 heavy (non-hydrogen) atoms. The Hall–Kier alpha value is -2.55. The molecule has 1 N–H and O–H groups in total. The fraction of sp³-hybridized carbons (Fsp3) is 0.300. The number of carbonyl (C=O) groups excluding carboxylic acids is 2. The van der Waals surface area contributed by atoms with Gasteiger partial charge in [-0.2, -0.15) is 4.31 Å². The van der Waals surface area contributed by atoms with Crippen LogP contribution in [0.3, 0.4) is 0 Å². The SMILES string of the molecule is O=C1c2ccccc2C(=O)N1CC[NH+]1CCN(S(=O)(=O)c2ccccc2)CC1. The van der Waals surface area contributed by atoms with Crippen molar-refractivity contribution in [3.63, 3.8) is 0 Å². The number of nitrogens with zero attached hydrogens (tertiary/aromatic N) is 2. The van der Waals surface area contributed by atoms with Gasteiger partial charge in [-0.15, -0.1) is 0 Å². The lowest BCUT2D eigenvalue weighted by Crippen LogP contribution is -3.15. The molecule has 0 unspecified atom stereocenters. The molecular formula is C20H22N3O4S+. The second kappa shape index (κ2) is 7.46. The molecule has 7 nitrogen and oxygen atoms in total. The molecule has 4 rings (SSSR count). The Kier molecular flexibility index (Phi) is 5.01. The Bertz CT molecular complexity index is 964. The summed E-state index contributed by atoms with van der Waals surface area (Å²) in [4.78, 5) is 27.7. The number of sulfonamides is 1. The molecule has 8 heteroatoms. The van der Waals surface area contributed by atoms with Crippen LogP contribution in [-0.2, 0) is 10.0 Å². The predicted octanol–water partition coefficient (Wildman–Crippen LogP) is -0.128. The number of rotatable bonds is 5. The van der Waals surface area contributed by atoms with E-state index in [1.54, 1.807) is 54.6 Å². The van der Waals surface area contributed by atoms with Gasteiger partial charge >= 0.3 is 0 Å². The molecule has 0 aliphatic carbocycles. The van der Waals surface area contributed by atoms with Crippen LogP contribution in [0.5, 0.6) is 0 Å². The quantitative estimate of drug-likeness (QED) is 0.710. The molecule has 1 fully saturated rings. The number of carbonyl (C=O) groups is 2. The Morgan fingerprint density at radius 2 is 1.36 bits per heavy atom. The van der Waals surface area contributed by atoms with Crippen LogP contribution in [0.1, 0.15) is 20.7 Å². The van der Waals surface area contributed by atoms with Crippen LogP contribution in [0.15, 0.2) is 59.5 Å². The molecule has 2 amide bonds. The largest absolute Gasteiger partial charge is 0.331 e. The number of quaternary nitrogens is 1.